The van der Waals surface area contributed by atoms with Gasteiger partial charge >= 0.3 is 0 Å². The first kappa shape index (κ1) is 11.8. The Morgan fingerprint density at radius 2 is 2.11 bits per heavy atom. The van der Waals surface area contributed by atoms with Crippen LogP contribution in [0.5, 0.6) is 0 Å². The van der Waals surface area contributed by atoms with Gasteiger partial charge < -0.3 is 14.6 Å². The number of nitrogens with one attached hydrogen (secondary N) is 1. The quantitative estimate of drug-likeness (QED) is 0.834. The third kappa shape index (κ3) is 1.84. The topological polar surface area (TPSA) is 26.2 Å². The summed E-state index contributed by atoms with van der Waals surface area (Å²) in [5, 5.41) is 4.98. The summed E-state index contributed by atoms with van der Waals surface area (Å²) in [4.78, 5) is 0. The first-order chi connectivity index (χ1) is 8.79. The number of fused-ring (bicyclic) bond motifs is 1. The third-order valence-corrected chi connectivity index (χ3v) is 3.98. The molecule has 1 aliphatic heterocycles. The molecule has 96 valence electrons. The maximum absolute atomic E-state index is 5.54. The molecule has 0 bridgehead atoms. The number of benzene rings is 1. The van der Waals surface area contributed by atoms with Gasteiger partial charge in [-0.25, -0.2) is 0 Å². The zero-order valence-electron chi connectivity index (χ0n) is 11.1. The lowest BCUT2D eigenvalue weighted by molar-refractivity contribution is 0.150. The monoisotopic (exact) mass is 244 g/mol. The minimum atomic E-state index is 0.415. The molecular weight excluding hydrogens is 224 g/mol. The molecule has 1 atom stereocenters. The Morgan fingerprint density at radius 1 is 1.28 bits per heavy atom. The second-order valence-corrected chi connectivity index (χ2v) is 4.98. The van der Waals surface area contributed by atoms with E-state index in [1.165, 1.54) is 22.2 Å². The van der Waals surface area contributed by atoms with Crippen LogP contribution >= 0.6 is 0 Å². The second kappa shape index (κ2) is 4.75. The van der Waals surface area contributed by atoms with Crippen LogP contribution in [0.4, 0.5) is 0 Å². The maximum atomic E-state index is 5.54. The van der Waals surface area contributed by atoms with Crippen molar-refractivity contribution in [3.05, 3.63) is 35.5 Å². The molecule has 1 saturated heterocycles. The summed E-state index contributed by atoms with van der Waals surface area (Å²) < 4.78 is 7.83. The highest BCUT2D eigenvalue weighted by Gasteiger charge is 2.21. The van der Waals surface area contributed by atoms with Crippen molar-refractivity contribution < 1.29 is 4.74 Å². The van der Waals surface area contributed by atoms with Crippen molar-refractivity contribution >= 4 is 10.9 Å². The van der Waals surface area contributed by atoms with Crippen molar-refractivity contribution in [1.29, 1.82) is 0 Å². The van der Waals surface area contributed by atoms with Crippen molar-refractivity contribution in [3.8, 4) is 0 Å². The summed E-state index contributed by atoms with van der Waals surface area (Å²) in [5.74, 6) is 0. The molecule has 1 unspecified atom stereocenters. The predicted octanol–water partition coefficient (Wildman–Crippen LogP) is 2.54. The van der Waals surface area contributed by atoms with Crippen LogP contribution in [0, 0.1) is 6.92 Å². The third-order valence-electron chi connectivity index (χ3n) is 3.98. The van der Waals surface area contributed by atoms with Crippen molar-refractivity contribution in [3.63, 3.8) is 0 Å². The molecule has 0 aliphatic carbocycles. The molecule has 2 heterocycles. The number of nitrogens with zero attached hydrogens (tertiary/aromatic N) is 1. The summed E-state index contributed by atoms with van der Waals surface area (Å²) in [6.07, 6.45) is 1.05. The van der Waals surface area contributed by atoms with E-state index in [4.69, 9.17) is 4.74 Å². The second-order valence-electron chi connectivity index (χ2n) is 4.98. The Bertz CT molecular complexity index is 551. The van der Waals surface area contributed by atoms with Crippen LogP contribution < -0.4 is 5.32 Å². The molecule has 3 rings (SSSR count). The standard InChI is InChI=1S/C15H20N2O/c1-11-15(13-7-9-18-10-8-16-13)12-5-3-4-6-14(12)17(11)2/h3-6,13,16H,7-10H2,1-2H3. The van der Waals surface area contributed by atoms with Gasteiger partial charge in [0.2, 0.25) is 0 Å². The minimum Gasteiger partial charge on any atom is -0.380 e. The summed E-state index contributed by atoms with van der Waals surface area (Å²) in [5.41, 5.74) is 4.12. The van der Waals surface area contributed by atoms with E-state index < -0.39 is 0 Å². The van der Waals surface area contributed by atoms with Gasteiger partial charge in [0.15, 0.2) is 0 Å². The Morgan fingerprint density at radius 3 is 3.00 bits per heavy atom. The van der Waals surface area contributed by atoms with E-state index in [0.29, 0.717) is 6.04 Å². The van der Waals surface area contributed by atoms with Gasteiger partial charge in [-0.15, -0.1) is 0 Å². The Labute approximate surface area is 108 Å². The van der Waals surface area contributed by atoms with E-state index in [0.717, 1.165) is 26.2 Å². The number of rotatable bonds is 1. The molecule has 1 aromatic carbocycles. The van der Waals surface area contributed by atoms with Gasteiger partial charge in [0.05, 0.1) is 6.61 Å². The van der Waals surface area contributed by atoms with Gasteiger partial charge in [0.1, 0.15) is 0 Å². The molecule has 1 N–H and O–H groups in total. The van der Waals surface area contributed by atoms with Gasteiger partial charge in [0.25, 0.3) is 0 Å². The zero-order chi connectivity index (χ0) is 12.5. The first-order valence-corrected chi connectivity index (χ1v) is 6.64. The molecule has 0 radical (unpaired) electrons. The molecule has 2 aromatic rings. The highest BCUT2D eigenvalue weighted by atomic mass is 16.5. The first-order valence-electron chi connectivity index (χ1n) is 6.64. The van der Waals surface area contributed by atoms with E-state index in [1.54, 1.807) is 0 Å². The molecule has 0 spiro atoms. The molecule has 1 aromatic heterocycles. The van der Waals surface area contributed by atoms with E-state index >= 15 is 0 Å². The van der Waals surface area contributed by atoms with Crippen LogP contribution in [-0.4, -0.2) is 24.3 Å². The number of aryl methyl sites for hydroxylation is 1. The molecule has 0 amide bonds. The largest absolute Gasteiger partial charge is 0.380 e. The highest BCUT2D eigenvalue weighted by molar-refractivity contribution is 5.86. The molecular formula is C15H20N2O. The number of hydrogen-bond acceptors (Lipinski definition) is 2. The SMILES string of the molecule is Cc1c(C2CCOCCN2)c2ccccc2n1C. The molecule has 18 heavy (non-hydrogen) atoms. The molecule has 3 heteroatoms. The van der Waals surface area contributed by atoms with E-state index in [1.807, 2.05) is 0 Å². The van der Waals surface area contributed by atoms with Gasteiger partial charge in [0, 0.05) is 42.8 Å². The average Bonchev–Trinajstić information content (AvgIpc) is 2.61. The fourth-order valence-electron chi connectivity index (χ4n) is 2.95. The highest BCUT2D eigenvalue weighted by Crippen LogP contribution is 2.31. The van der Waals surface area contributed by atoms with Crippen LogP contribution in [-0.2, 0) is 11.8 Å². The van der Waals surface area contributed by atoms with Crippen LogP contribution in [0.1, 0.15) is 23.7 Å². The summed E-state index contributed by atoms with van der Waals surface area (Å²) in [6.45, 7) is 4.82. The van der Waals surface area contributed by atoms with Crippen molar-refractivity contribution in [2.75, 3.05) is 19.8 Å². The van der Waals surface area contributed by atoms with E-state index in [9.17, 15) is 0 Å². The summed E-state index contributed by atoms with van der Waals surface area (Å²) >= 11 is 0. The predicted molar refractivity (Wildman–Crippen MR) is 73.8 cm³/mol. The van der Waals surface area contributed by atoms with Crippen LogP contribution in [0.15, 0.2) is 24.3 Å². The van der Waals surface area contributed by atoms with Gasteiger partial charge in [-0.1, -0.05) is 18.2 Å². The molecule has 3 nitrogen and oxygen atoms in total. The Balaban J connectivity index is 2.12. The lowest BCUT2D eigenvalue weighted by Crippen LogP contribution is -2.22. The smallest absolute Gasteiger partial charge is 0.0591 e. The lowest BCUT2D eigenvalue weighted by atomic mass is 10.0. The number of para-hydroxylation sites is 1. The average molecular weight is 244 g/mol. The van der Waals surface area contributed by atoms with Gasteiger partial charge in [-0.2, -0.15) is 0 Å². The van der Waals surface area contributed by atoms with Crippen LogP contribution in [0.2, 0.25) is 0 Å². The van der Waals surface area contributed by atoms with Crippen LogP contribution in [0.25, 0.3) is 10.9 Å². The Kier molecular flexibility index (Phi) is 3.10. The molecule has 1 fully saturated rings. The Hall–Kier alpha value is -1.32. The van der Waals surface area contributed by atoms with Crippen molar-refractivity contribution in [2.24, 2.45) is 7.05 Å². The van der Waals surface area contributed by atoms with Crippen LogP contribution in [0.3, 0.4) is 0 Å². The number of aromatic nitrogens is 1. The lowest BCUT2D eigenvalue weighted by Gasteiger charge is -2.16. The van der Waals surface area contributed by atoms with Gasteiger partial charge in [-0.05, 0) is 25.0 Å². The molecule has 0 saturated carbocycles. The summed E-state index contributed by atoms with van der Waals surface area (Å²) in [6, 6.07) is 9.07. The summed E-state index contributed by atoms with van der Waals surface area (Å²) in [7, 11) is 2.15. The van der Waals surface area contributed by atoms with E-state index in [-0.39, 0.29) is 0 Å². The fourth-order valence-corrected chi connectivity index (χ4v) is 2.95. The van der Waals surface area contributed by atoms with Gasteiger partial charge in [-0.3, -0.25) is 0 Å². The zero-order valence-corrected chi connectivity index (χ0v) is 11.1. The number of ether oxygens (including phenoxy) is 1. The van der Waals surface area contributed by atoms with Crippen molar-refractivity contribution in [2.45, 2.75) is 19.4 Å². The maximum Gasteiger partial charge on any atom is 0.0591 e. The minimum absolute atomic E-state index is 0.415. The van der Waals surface area contributed by atoms with E-state index in [2.05, 4.69) is 48.1 Å². The van der Waals surface area contributed by atoms with Crippen molar-refractivity contribution in [1.82, 2.24) is 9.88 Å². The normalized spacial score (nSPS) is 21.1. The fraction of sp³-hybridized carbons (Fsp3) is 0.467. The number of hydrogen-bond donors (Lipinski definition) is 1. The molecule has 1 aliphatic rings.